The number of likely N-dealkylation sites (tertiary alicyclic amines) is 1. The van der Waals surface area contributed by atoms with E-state index in [0.29, 0.717) is 0 Å². The van der Waals surface area contributed by atoms with Crippen LogP contribution in [0.25, 0.3) is 0 Å². The third-order valence-corrected chi connectivity index (χ3v) is 4.54. The van der Waals surface area contributed by atoms with Crippen molar-refractivity contribution in [1.29, 1.82) is 0 Å². The minimum absolute atomic E-state index is 0.0648. The topological polar surface area (TPSA) is 83.9 Å². The highest BCUT2D eigenvalue weighted by Crippen LogP contribution is 2.28. The molecule has 2 unspecified atom stereocenters. The van der Waals surface area contributed by atoms with E-state index in [4.69, 9.17) is 4.74 Å². The molecule has 1 aromatic rings. The lowest BCUT2D eigenvalue weighted by atomic mass is 9.84. The molecule has 0 aliphatic carbocycles. The number of rotatable bonds is 6. The number of hydrogen-bond acceptors (Lipinski definition) is 4. The van der Waals surface area contributed by atoms with Crippen molar-refractivity contribution in [1.82, 2.24) is 4.90 Å². The summed E-state index contributed by atoms with van der Waals surface area (Å²) in [7, 11) is 0. The number of halogens is 2. The monoisotopic (exact) mass is 369 g/mol. The van der Waals surface area contributed by atoms with Gasteiger partial charge in [-0.15, -0.1) is 0 Å². The molecule has 1 aromatic carbocycles. The van der Waals surface area contributed by atoms with E-state index in [1.807, 2.05) is 0 Å². The van der Waals surface area contributed by atoms with Crippen molar-refractivity contribution in [2.24, 2.45) is 5.92 Å². The highest BCUT2D eigenvalue weighted by Gasteiger charge is 2.36. The van der Waals surface area contributed by atoms with Gasteiger partial charge in [0.1, 0.15) is 23.8 Å². The van der Waals surface area contributed by atoms with E-state index in [0.717, 1.165) is 17.0 Å². The van der Waals surface area contributed by atoms with Gasteiger partial charge < -0.3 is 14.7 Å². The van der Waals surface area contributed by atoms with Crippen LogP contribution in [0.15, 0.2) is 18.2 Å². The number of nitrogens with zero attached hydrogens (tertiary/aromatic N) is 1. The lowest BCUT2D eigenvalue weighted by Crippen LogP contribution is -2.48. The molecule has 0 aromatic heterocycles. The molecule has 1 heterocycles. The molecule has 6 nitrogen and oxygen atoms in total. The van der Waals surface area contributed by atoms with E-state index < -0.39 is 35.7 Å². The normalized spacial score (nSPS) is 19.9. The standard InChI is InChI=1S/C18H21F2NO5/c1-2-26-17(23)10-16(22)11-6-7-21(18(24)25)12(8-11)9-13-14(19)4-3-5-15(13)20/h3-5,11-12H,2,6-10H2,1H3,(H,24,25). The third kappa shape index (κ3) is 4.77. The Kier molecular flexibility index (Phi) is 6.65. The molecule has 0 spiro atoms. The number of carboxylic acid groups (broad SMARTS) is 1. The molecule has 1 aliphatic rings. The molecule has 1 N–H and O–H groups in total. The van der Waals surface area contributed by atoms with Crippen LogP contribution in [0.2, 0.25) is 0 Å². The number of benzene rings is 1. The van der Waals surface area contributed by atoms with E-state index >= 15 is 0 Å². The molecule has 1 fully saturated rings. The number of carbonyl (C=O) groups is 3. The number of carbonyl (C=O) groups excluding carboxylic acids is 2. The molecular formula is C18H21F2NO5. The predicted molar refractivity (Wildman–Crippen MR) is 87.6 cm³/mol. The summed E-state index contributed by atoms with van der Waals surface area (Å²) in [5, 5.41) is 9.34. The largest absolute Gasteiger partial charge is 0.466 e. The molecule has 2 rings (SSSR count). The van der Waals surface area contributed by atoms with Crippen LogP contribution in [0.3, 0.4) is 0 Å². The van der Waals surface area contributed by atoms with Gasteiger partial charge in [-0.25, -0.2) is 13.6 Å². The number of hydrogen-bond donors (Lipinski definition) is 1. The van der Waals surface area contributed by atoms with Gasteiger partial charge in [-0.3, -0.25) is 9.59 Å². The first-order chi connectivity index (χ1) is 12.3. The average molecular weight is 369 g/mol. The maximum Gasteiger partial charge on any atom is 0.407 e. The summed E-state index contributed by atoms with van der Waals surface area (Å²) < 4.78 is 32.6. The highest BCUT2D eigenvalue weighted by molar-refractivity contribution is 5.96. The molecule has 2 atom stereocenters. The fourth-order valence-electron chi connectivity index (χ4n) is 3.25. The van der Waals surface area contributed by atoms with Crippen molar-refractivity contribution in [3.05, 3.63) is 35.4 Å². The van der Waals surface area contributed by atoms with Crippen molar-refractivity contribution < 1.29 is 33.0 Å². The molecule has 142 valence electrons. The molecule has 1 saturated heterocycles. The van der Waals surface area contributed by atoms with Gasteiger partial charge in [0.2, 0.25) is 0 Å². The highest BCUT2D eigenvalue weighted by atomic mass is 19.1. The average Bonchev–Trinajstić information content (AvgIpc) is 2.58. The Hall–Kier alpha value is -2.51. The molecule has 8 heteroatoms. The van der Waals surface area contributed by atoms with Gasteiger partial charge in [0.25, 0.3) is 0 Å². The summed E-state index contributed by atoms with van der Waals surface area (Å²) in [6.07, 6.45) is -1.39. The first kappa shape index (κ1) is 19.8. The molecule has 0 radical (unpaired) electrons. The molecule has 1 amide bonds. The maximum atomic E-state index is 13.9. The van der Waals surface area contributed by atoms with Crippen molar-refractivity contribution in [2.75, 3.05) is 13.2 Å². The van der Waals surface area contributed by atoms with Gasteiger partial charge in [-0.2, -0.15) is 0 Å². The minimum atomic E-state index is -1.21. The summed E-state index contributed by atoms with van der Waals surface area (Å²) in [5.41, 5.74) is -0.206. The Morgan fingerprint density at radius 3 is 2.50 bits per heavy atom. The van der Waals surface area contributed by atoms with Crippen molar-refractivity contribution in [3.8, 4) is 0 Å². The first-order valence-electron chi connectivity index (χ1n) is 8.44. The fourth-order valence-corrected chi connectivity index (χ4v) is 3.25. The molecule has 26 heavy (non-hydrogen) atoms. The third-order valence-electron chi connectivity index (χ3n) is 4.54. The molecular weight excluding hydrogens is 348 g/mol. The van der Waals surface area contributed by atoms with Crippen molar-refractivity contribution >= 4 is 17.8 Å². The van der Waals surface area contributed by atoms with Crippen LogP contribution in [-0.4, -0.2) is 47.0 Å². The molecule has 0 saturated carbocycles. The molecule has 1 aliphatic heterocycles. The summed E-state index contributed by atoms with van der Waals surface area (Å²) in [6, 6.07) is 2.70. The SMILES string of the molecule is CCOC(=O)CC(=O)C1CCN(C(=O)O)C(Cc2c(F)cccc2F)C1. The van der Waals surface area contributed by atoms with Crippen LogP contribution < -0.4 is 0 Å². The van der Waals surface area contributed by atoms with Crippen LogP contribution >= 0.6 is 0 Å². The van der Waals surface area contributed by atoms with Crippen LogP contribution in [0, 0.1) is 17.6 Å². The van der Waals surface area contributed by atoms with Crippen molar-refractivity contribution in [3.63, 3.8) is 0 Å². The Labute approximate surface area is 149 Å². The van der Waals surface area contributed by atoms with E-state index in [9.17, 15) is 28.3 Å². The number of ketones is 1. The van der Waals surface area contributed by atoms with Crippen LogP contribution in [0.4, 0.5) is 13.6 Å². The van der Waals surface area contributed by atoms with Crippen LogP contribution in [-0.2, 0) is 20.7 Å². The zero-order chi connectivity index (χ0) is 19.3. The van der Waals surface area contributed by atoms with Crippen molar-refractivity contribution in [2.45, 2.75) is 38.6 Å². The number of piperidine rings is 1. The summed E-state index contributed by atoms with van der Waals surface area (Å²) in [4.78, 5) is 36.3. The van der Waals surface area contributed by atoms with Gasteiger partial charge in [0.05, 0.1) is 6.61 Å². The second kappa shape index (κ2) is 8.73. The quantitative estimate of drug-likeness (QED) is 0.616. The summed E-state index contributed by atoms with van der Waals surface area (Å²) in [6.45, 7) is 1.86. The zero-order valence-corrected chi connectivity index (χ0v) is 14.4. The van der Waals surface area contributed by atoms with Gasteiger partial charge in [0, 0.05) is 24.1 Å². The second-order valence-electron chi connectivity index (χ2n) is 6.20. The first-order valence-corrected chi connectivity index (χ1v) is 8.44. The van der Waals surface area contributed by atoms with Gasteiger partial charge in [-0.1, -0.05) is 6.07 Å². The van der Waals surface area contributed by atoms with Crippen LogP contribution in [0.1, 0.15) is 31.7 Å². The number of amides is 1. The maximum absolute atomic E-state index is 13.9. The van der Waals surface area contributed by atoms with Crippen LogP contribution in [0.5, 0.6) is 0 Å². The fraction of sp³-hybridized carbons (Fsp3) is 0.500. The summed E-state index contributed by atoms with van der Waals surface area (Å²) >= 11 is 0. The number of Topliss-reactive ketones (excluding diaryl/α,β-unsaturated/α-hetero) is 1. The Balaban J connectivity index is 2.14. The lowest BCUT2D eigenvalue weighted by molar-refractivity contribution is -0.146. The van der Waals surface area contributed by atoms with E-state index in [2.05, 4.69) is 0 Å². The number of ether oxygens (including phenoxy) is 1. The molecule has 0 bridgehead atoms. The van der Waals surface area contributed by atoms with E-state index in [-0.39, 0.29) is 50.2 Å². The second-order valence-corrected chi connectivity index (χ2v) is 6.20. The van der Waals surface area contributed by atoms with Gasteiger partial charge in [-0.05, 0) is 38.3 Å². The van der Waals surface area contributed by atoms with Gasteiger partial charge in [0.15, 0.2) is 0 Å². The Morgan fingerprint density at radius 2 is 1.92 bits per heavy atom. The zero-order valence-electron chi connectivity index (χ0n) is 14.4. The smallest absolute Gasteiger partial charge is 0.407 e. The Bertz CT molecular complexity index is 674. The Morgan fingerprint density at radius 1 is 1.27 bits per heavy atom. The number of esters is 1. The predicted octanol–water partition coefficient (Wildman–Crippen LogP) is 2.79. The van der Waals surface area contributed by atoms with E-state index in [1.54, 1.807) is 6.92 Å². The summed E-state index contributed by atoms with van der Waals surface area (Å²) in [5.74, 6) is -3.03. The minimum Gasteiger partial charge on any atom is -0.466 e. The lowest BCUT2D eigenvalue weighted by Gasteiger charge is -2.37. The van der Waals surface area contributed by atoms with Gasteiger partial charge >= 0.3 is 12.1 Å². The van der Waals surface area contributed by atoms with E-state index in [1.165, 1.54) is 6.07 Å².